The largest absolute Gasteiger partial charge is 0.480 e. The van der Waals surface area contributed by atoms with E-state index >= 15 is 0 Å². The van der Waals surface area contributed by atoms with Crippen LogP contribution in [-0.4, -0.2) is 82.3 Å². The highest BCUT2D eigenvalue weighted by atomic mass is 32.2. The van der Waals surface area contributed by atoms with Crippen molar-refractivity contribution in [3.05, 3.63) is 0 Å². The summed E-state index contributed by atoms with van der Waals surface area (Å²) in [5.74, 6) is -2.70. The van der Waals surface area contributed by atoms with Crippen LogP contribution in [0, 0.1) is 5.92 Å². The lowest BCUT2D eigenvalue weighted by atomic mass is 10.0. The number of carbonyl (C=O) groups is 5. The second-order valence-corrected chi connectivity index (χ2v) is 9.66. The molecule has 1 aliphatic rings. The van der Waals surface area contributed by atoms with Crippen molar-refractivity contribution in [2.45, 2.75) is 76.5 Å². The van der Waals surface area contributed by atoms with E-state index < -0.39 is 47.9 Å². The third-order valence-electron chi connectivity index (χ3n) is 5.42. The molecule has 1 fully saturated rings. The predicted molar refractivity (Wildman–Crippen MR) is 125 cm³/mol. The SMILES string of the molecule is CSCCC(N)C(=O)N1CCCC1C(=O)NC(CCC(N)=O)C(=O)NC(CC(C)C)C(=O)O. The maximum atomic E-state index is 13.0. The van der Waals surface area contributed by atoms with Crippen LogP contribution >= 0.6 is 11.8 Å². The van der Waals surface area contributed by atoms with E-state index in [1.807, 2.05) is 20.1 Å². The number of carbonyl (C=O) groups excluding carboxylic acids is 4. The summed E-state index contributed by atoms with van der Waals surface area (Å²) < 4.78 is 0. The minimum absolute atomic E-state index is 0.0124. The van der Waals surface area contributed by atoms with Gasteiger partial charge in [-0.15, -0.1) is 0 Å². The molecule has 1 heterocycles. The fraction of sp³-hybridized carbons (Fsp3) is 0.762. The number of hydrogen-bond acceptors (Lipinski definition) is 7. The molecule has 1 saturated heterocycles. The Kier molecular flexibility index (Phi) is 12.2. The first-order valence-corrected chi connectivity index (χ1v) is 12.5. The van der Waals surface area contributed by atoms with E-state index in [1.54, 1.807) is 11.8 Å². The number of nitrogens with one attached hydrogen (secondary N) is 2. The first-order valence-electron chi connectivity index (χ1n) is 11.1. The van der Waals surface area contributed by atoms with Crippen LogP contribution in [0.15, 0.2) is 0 Å². The first kappa shape index (κ1) is 28.7. The number of thioether (sulfide) groups is 1. The number of primary amides is 1. The average Bonchev–Trinajstić information content (AvgIpc) is 3.23. The minimum atomic E-state index is -1.19. The van der Waals surface area contributed by atoms with Crippen molar-refractivity contribution in [1.82, 2.24) is 15.5 Å². The van der Waals surface area contributed by atoms with Gasteiger partial charge in [0.15, 0.2) is 0 Å². The molecule has 0 aromatic heterocycles. The molecule has 0 aromatic carbocycles. The highest BCUT2D eigenvalue weighted by molar-refractivity contribution is 7.98. The number of carboxylic acid groups (broad SMARTS) is 1. The van der Waals surface area contributed by atoms with Crippen molar-refractivity contribution in [2.75, 3.05) is 18.6 Å². The molecule has 0 spiro atoms. The van der Waals surface area contributed by atoms with Crippen molar-refractivity contribution < 1.29 is 29.1 Å². The molecule has 0 aromatic rings. The van der Waals surface area contributed by atoms with E-state index in [0.717, 1.165) is 0 Å². The first-order chi connectivity index (χ1) is 15.5. The second-order valence-electron chi connectivity index (χ2n) is 8.67. The van der Waals surface area contributed by atoms with Crippen molar-refractivity contribution in [1.29, 1.82) is 0 Å². The molecule has 4 amide bonds. The lowest BCUT2D eigenvalue weighted by Crippen LogP contribution is -2.56. The summed E-state index contributed by atoms with van der Waals surface area (Å²) in [5.41, 5.74) is 11.2. The third kappa shape index (κ3) is 9.58. The predicted octanol–water partition coefficient (Wildman–Crippen LogP) is -0.576. The molecule has 4 unspecified atom stereocenters. The molecule has 11 nitrogen and oxygen atoms in total. The van der Waals surface area contributed by atoms with Crippen LogP contribution in [0.25, 0.3) is 0 Å². The van der Waals surface area contributed by atoms with Gasteiger partial charge in [-0.05, 0) is 50.0 Å². The van der Waals surface area contributed by atoms with E-state index in [0.29, 0.717) is 31.6 Å². The fourth-order valence-electron chi connectivity index (χ4n) is 3.67. The van der Waals surface area contributed by atoms with Crippen LogP contribution in [0.3, 0.4) is 0 Å². The second kappa shape index (κ2) is 14.0. The van der Waals surface area contributed by atoms with Gasteiger partial charge in [0, 0.05) is 13.0 Å². The molecule has 33 heavy (non-hydrogen) atoms. The van der Waals surface area contributed by atoms with Gasteiger partial charge in [0.2, 0.25) is 23.6 Å². The Morgan fingerprint density at radius 1 is 1.12 bits per heavy atom. The Morgan fingerprint density at radius 3 is 2.33 bits per heavy atom. The summed E-state index contributed by atoms with van der Waals surface area (Å²) in [6.45, 7) is 4.03. The van der Waals surface area contributed by atoms with E-state index in [2.05, 4.69) is 10.6 Å². The molecule has 0 radical (unpaired) electrons. The summed E-state index contributed by atoms with van der Waals surface area (Å²) in [4.78, 5) is 62.7. The summed E-state index contributed by atoms with van der Waals surface area (Å²) in [7, 11) is 0. The van der Waals surface area contributed by atoms with Crippen molar-refractivity contribution in [3.8, 4) is 0 Å². The monoisotopic (exact) mass is 487 g/mol. The maximum Gasteiger partial charge on any atom is 0.326 e. The maximum absolute atomic E-state index is 13.0. The van der Waals surface area contributed by atoms with E-state index in [9.17, 15) is 29.1 Å². The molecule has 0 saturated carbocycles. The Labute approximate surface area is 198 Å². The van der Waals surface area contributed by atoms with Crippen molar-refractivity contribution >= 4 is 41.4 Å². The Hall–Kier alpha value is -2.34. The molecule has 188 valence electrons. The molecular formula is C21H37N5O6S. The van der Waals surface area contributed by atoms with Gasteiger partial charge < -0.3 is 32.1 Å². The minimum Gasteiger partial charge on any atom is -0.480 e. The summed E-state index contributed by atoms with van der Waals surface area (Å²) in [6.07, 6.45) is 3.38. The Balaban J connectivity index is 2.92. The van der Waals surface area contributed by atoms with Gasteiger partial charge in [0.05, 0.1) is 6.04 Å². The van der Waals surface area contributed by atoms with E-state index in [-0.39, 0.29) is 31.1 Å². The van der Waals surface area contributed by atoms with E-state index in [1.165, 1.54) is 4.90 Å². The zero-order chi connectivity index (χ0) is 25.1. The normalized spacial score (nSPS) is 18.5. The van der Waals surface area contributed by atoms with Crippen molar-refractivity contribution in [2.24, 2.45) is 17.4 Å². The summed E-state index contributed by atoms with van der Waals surface area (Å²) >= 11 is 1.57. The number of amides is 4. The van der Waals surface area contributed by atoms with Crippen LogP contribution in [0.2, 0.25) is 0 Å². The third-order valence-corrected chi connectivity index (χ3v) is 6.07. The number of likely N-dealkylation sites (tertiary alicyclic amines) is 1. The fourth-order valence-corrected chi connectivity index (χ4v) is 4.16. The number of aliphatic carboxylic acids is 1. The lowest BCUT2D eigenvalue weighted by Gasteiger charge is -2.28. The highest BCUT2D eigenvalue weighted by Gasteiger charge is 2.37. The number of nitrogens with zero attached hydrogens (tertiary/aromatic N) is 1. The summed E-state index contributed by atoms with van der Waals surface area (Å²) in [5, 5.41) is 14.4. The van der Waals surface area contributed by atoms with Crippen LogP contribution < -0.4 is 22.1 Å². The zero-order valence-electron chi connectivity index (χ0n) is 19.5. The molecule has 4 atom stereocenters. The number of rotatable bonds is 14. The zero-order valence-corrected chi connectivity index (χ0v) is 20.4. The number of carboxylic acids is 1. The van der Waals surface area contributed by atoms with Gasteiger partial charge in [-0.3, -0.25) is 19.2 Å². The van der Waals surface area contributed by atoms with Gasteiger partial charge >= 0.3 is 5.97 Å². The molecule has 12 heteroatoms. The highest BCUT2D eigenvalue weighted by Crippen LogP contribution is 2.20. The van der Waals surface area contributed by atoms with Crippen LogP contribution in [0.5, 0.6) is 0 Å². The van der Waals surface area contributed by atoms with E-state index in [4.69, 9.17) is 11.5 Å². The average molecular weight is 488 g/mol. The van der Waals surface area contributed by atoms with Gasteiger partial charge in [0.25, 0.3) is 0 Å². The Bertz CT molecular complexity index is 719. The molecular weight excluding hydrogens is 450 g/mol. The molecule has 1 aliphatic heterocycles. The quantitative estimate of drug-likeness (QED) is 0.215. The number of nitrogens with two attached hydrogens (primary N) is 2. The van der Waals surface area contributed by atoms with Crippen LogP contribution in [0.4, 0.5) is 0 Å². The lowest BCUT2D eigenvalue weighted by molar-refractivity contribution is -0.143. The molecule has 1 rings (SSSR count). The van der Waals surface area contributed by atoms with Crippen LogP contribution in [0.1, 0.15) is 52.4 Å². The topological polar surface area (TPSA) is 185 Å². The smallest absolute Gasteiger partial charge is 0.326 e. The molecule has 0 bridgehead atoms. The Morgan fingerprint density at radius 2 is 1.79 bits per heavy atom. The standard InChI is InChI=1S/C21H37N5O6S/c1-12(2)11-15(21(31)32)25-18(28)14(6-7-17(23)27)24-19(29)16-5-4-9-26(16)20(30)13(22)8-10-33-3/h12-16H,4-11,22H2,1-3H3,(H2,23,27)(H,24,29)(H,25,28)(H,31,32). The van der Waals surface area contributed by atoms with Gasteiger partial charge in [-0.25, -0.2) is 4.79 Å². The van der Waals surface area contributed by atoms with Gasteiger partial charge in [-0.1, -0.05) is 13.8 Å². The van der Waals surface area contributed by atoms with Gasteiger partial charge in [0.1, 0.15) is 18.1 Å². The van der Waals surface area contributed by atoms with Crippen LogP contribution in [-0.2, 0) is 24.0 Å². The molecule has 0 aliphatic carbocycles. The van der Waals surface area contributed by atoms with Crippen molar-refractivity contribution in [3.63, 3.8) is 0 Å². The van der Waals surface area contributed by atoms with Gasteiger partial charge in [-0.2, -0.15) is 11.8 Å². The summed E-state index contributed by atoms with van der Waals surface area (Å²) in [6, 6.07) is -3.80. The number of hydrogen-bond donors (Lipinski definition) is 5. The molecule has 7 N–H and O–H groups in total.